The number of rotatable bonds is 1. The Bertz CT molecular complexity index is 411. The van der Waals surface area contributed by atoms with Gasteiger partial charge in [0, 0.05) is 5.56 Å². The molecule has 1 aromatic rings. The monoisotopic (exact) mass is 230 g/mol. The Balaban J connectivity index is 2.20. The average Bonchev–Trinajstić information content (AvgIpc) is 2.64. The van der Waals surface area contributed by atoms with E-state index in [-0.39, 0.29) is 0 Å². The van der Waals surface area contributed by atoms with Crippen molar-refractivity contribution >= 4 is 5.84 Å². The highest BCUT2D eigenvalue weighted by Crippen LogP contribution is 2.30. The summed E-state index contributed by atoms with van der Waals surface area (Å²) in [5.41, 5.74) is 2.44. The first-order chi connectivity index (χ1) is 7.47. The summed E-state index contributed by atoms with van der Waals surface area (Å²) in [5, 5.41) is 0. The number of halogens is 3. The second-order valence-corrected chi connectivity index (χ2v) is 3.41. The van der Waals surface area contributed by atoms with E-state index < -0.39 is 18.0 Å². The average molecular weight is 230 g/mol. The molecule has 0 spiro atoms. The molecule has 0 radical (unpaired) electrons. The normalized spacial score (nSPS) is 20.5. The van der Waals surface area contributed by atoms with E-state index in [1.807, 2.05) is 0 Å². The molecule has 0 amide bonds. The number of nitrogens with zero attached hydrogens (tertiary/aromatic N) is 1. The SMILES string of the molecule is CC1=NC(c2ccc(C(F)(F)F)cc2)ON1. The molecular weight excluding hydrogens is 221 g/mol. The topological polar surface area (TPSA) is 33.6 Å². The van der Waals surface area contributed by atoms with Crippen LogP contribution in [0, 0.1) is 0 Å². The third-order valence-electron chi connectivity index (χ3n) is 2.15. The van der Waals surface area contributed by atoms with Crippen LogP contribution in [0.15, 0.2) is 29.3 Å². The zero-order valence-electron chi connectivity index (χ0n) is 8.38. The lowest BCUT2D eigenvalue weighted by atomic mass is 10.1. The summed E-state index contributed by atoms with van der Waals surface area (Å²) in [6.07, 6.45) is -4.88. The number of hydroxylamine groups is 1. The maximum Gasteiger partial charge on any atom is 0.416 e. The summed E-state index contributed by atoms with van der Waals surface area (Å²) < 4.78 is 36.9. The number of hydrogen-bond acceptors (Lipinski definition) is 3. The molecule has 0 saturated carbocycles. The van der Waals surface area contributed by atoms with Crippen LogP contribution in [0.3, 0.4) is 0 Å². The fraction of sp³-hybridized carbons (Fsp3) is 0.300. The summed E-state index contributed by atoms with van der Waals surface area (Å²) >= 11 is 0. The number of amidine groups is 1. The van der Waals surface area contributed by atoms with Crippen molar-refractivity contribution in [3.8, 4) is 0 Å². The first-order valence-corrected chi connectivity index (χ1v) is 4.60. The van der Waals surface area contributed by atoms with Gasteiger partial charge < -0.3 is 0 Å². The smallest absolute Gasteiger partial charge is 0.251 e. The summed E-state index contributed by atoms with van der Waals surface area (Å²) in [5.74, 6) is 0.602. The van der Waals surface area contributed by atoms with E-state index in [4.69, 9.17) is 4.84 Å². The van der Waals surface area contributed by atoms with Crippen LogP contribution in [0.25, 0.3) is 0 Å². The Hall–Kier alpha value is -1.56. The molecule has 1 atom stereocenters. The van der Waals surface area contributed by atoms with E-state index in [0.717, 1.165) is 12.1 Å². The fourth-order valence-corrected chi connectivity index (χ4v) is 1.35. The summed E-state index contributed by atoms with van der Waals surface area (Å²) in [7, 11) is 0. The molecule has 6 heteroatoms. The minimum Gasteiger partial charge on any atom is -0.251 e. The second kappa shape index (κ2) is 3.79. The van der Waals surface area contributed by atoms with E-state index in [1.165, 1.54) is 12.1 Å². The van der Waals surface area contributed by atoms with Gasteiger partial charge in [-0.05, 0) is 19.1 Å². The Labute approximate surface area is 89.9 Å². The highest BCUT2D eigenvalue weighted by molar-refractivity contribution is 5.79. The zero-order chi connectivity index (χ0) is 11.8. The third kappa shape index (κ3) is 2.16. The Morgan fingerprint density at radius 3 is 2.31 bits per heavy atom. The number of alkyl halides is 3. The number of aliphatic imine (C=N–C) groups is 1. The molecule has 86 valence electrons. The van der Waals surface area contributed by atoms with Crippen molar-refractivity contribution in [3.05, 3.63) is 35.4 Å². The van der Waals surface area contributed by atoms with Crippen LogP contribution >= 0.6 is 0 Å². The van der Waals surface area contributed by atoms with Crippen molar-refractivity contribution in [2.24, 2.45) is 4.99 Å². The van der Waals surface area contributed by atoms with Gasteiger partial charge in [-0.2, -0.15) is 13.2 Å². The molecule has 2 rings (SSSR count). The molecule has 0 aromatic heterocycles. The third-order valence-corrected chi connectivity index (χ3v) is 2.15. The van der Waals surface area contributed by atoms with Gasteiger partial charge in [-0.15, -0.1) is 0 Å². The maximum atomic E-state index is 12.3. The molecule has 0 aliphatic carbocycles. The molecule has 1 aliphatic heterocycles. The minimum absolute atomic E-state index is 0.567. The van der Waals surface area contributed by atoms with Crippen LogP contribution in [0.1, 0.15) is 24.3 Å². The number of hydrogen-bond donors (Lipinski definition) is 1. The molecule has 0 fully saturated rings. The van der Waals surface area contributed by atoms with Gasteiger partial charge in [0.1, 0.15) is 5.84 Å². The van der Waals surface area contributed by atoms with Gasteiger partial charge in [0.15, 0.2) is 0 Å². The molecule has 16 heavy (non-hydrogen) atoms. The van der Waals surface area contributed by atoms with Gasteiger partial charge in [0.2, 0.25) is 6.23 Å². The van der Waals surface area contributed by atoms with Crippen LogP contribution in [0.2, 0.25) is 0 Å². The molecular formula is C10H9F3N2O. The molecule has 1 aromatic carbocycles. The van der Waals surface area contributed by atoms with Gasteiger partial charge in [0.05, 0.1) is 5.56 Å². The lowest BCUT2D eigenvalue weighted by Gasteiger charge is -2.09. The lowest BCUT2D eigenvalue weighted by molar-refractivity contribution is -0.137. The summed E-state index contributed by atoms with van der Waals surface area (Å²) in [6.45, 7) is 1.71. The van der Waals surface area contributed by atoms with Gasteiger partial charge in [-0.25, -0.2) is 9.83 Å². The predicted molar refractivity (Wildman–Crippen MR) is 51.5 cm³/mol. The summed E-state index contributed by atoms with van der Waals surface area (Å²) in [4.78, 5) is 9.09. The van der Waals surface area contributed by atoms with Crippen molar-refractivity contribution in [2.75, 3.05) is 0 Å². The van der Waals surface area contributed by atoms with E-state index in [9.17, 15) is 13.2 Å². The lowest BCUT2D eigenvalue weighted by Crippen LogP contribution is -2.13. The van der Waals surface area contributed by atoms with E-state index in [0.29, 0.717) is 11.4 Å². The largest absolute Gasteiger partial charge is 0.416 e. The molecule has 1 N–H and O–H groups in total. The zero-order valence-corrected chi connectivity index (χ0v) is 8.38. The number of benzene rings is 1. The number of nitrogens with one attached hydrogen (secondary N) is 1. The van der Waals surface area contributed by atoms with E-state index in [2.05, 4.69) is 10.5 Å². The fourth-order valence-electron chi connectivity index (χ4n) is 1.35. The van der Waals surface area contributed by atoms with Crippen LogP contribution in [-0.4, -0.2) is 5.84 Å². The summed E-state index contributed by atoms with van der Waals surface area (Å²) in [6, 6.07) is 4.75. The highest BCUT2D eigenvalue weighted by atomic mass is 19.4. The van der Waals surface area contributed by atoms with Crippen molar-refractivity contribution in [1.29, 1.82) is 0 Å². The molecule has 1 heterocycles. The molecule has 1 unspecified atom stereocenters. The van der Waals surface area contributed by atoms with Crippen LogP contribution in [-0.2, 0) is 11.0 Å². The van der Waals surface area contributed by atoms with Gasteiger partial charge in [-0.3, -0.25) is 5.48 Å². The molecule has 1 aliphatic rings. The first-order valence-electron chi connectivity index (χ1n) is 4.60. The van der Waals surface area contributed by atoms with Crippen molar-refractivity contribution < 1.29 is 18.0 Å². The van der Waals surface area contributed by atoms with Crippen molar-refractivity contribution in [2.45, 2.75) is 19.3 Å². The van der Waals surface area contributed by atoms with Crippen molar-refractivity contribution in [1.82, 2.24) is 5.48 Å². The van der Waals surface area contributed by atoms with Crippen LogP contribution in [0.5, 0.6) is 0 Å². The van der Waals surface area contributed by atoms with Gasteiger partial charge in [-0.1, -0.05) is 12.1 Å². The quantitative estimate of drug-likeness (QED) is 0.804. The molecule has 3 nitrogen and oxygen atoms in total. The molecule has 0 saturated heterocycles. The minimum atomic E-state index is -4.31. The van der Waals surface area contributed by atoms with Gasteiger partial charge >= 0.3 is 6.18 Å². The Morgan fingerprint density at radius 1 is 1.25 bits per heavy atom. The standard InChI is InChI=1S/C10H9F3N2O/c1-6-14-9(16-15-6)7-2-4-8(5-3-7)10(11,12)13/h2-5,9H,1H3,(H,14,15). The highest BCUT2D eigenvalue weighted by Gasteiger charge is 2.30. The van der Waals surface area contributed by atoms with E-state index in [1.54, 1.807) is 6.92 Å². The van der Waals surface area contributed by atoms with E-state index >= 15 is 0 Å². The molecule has 0 bridgehead atoms. The predicted octanol–water partition coefficient (Wildman–Crippen LogP) is 2.66. The maximum absolute atomic E-state index is 12.3. The van der Waals surface area contributed by atoms with Crippen molar-refractivity contribution in [3.63, 3.8) is 0 Å². The van der Waals surface area contributed by atoms with Crippen LogP contribution in [0.4, 0.5) is 13.2 Å². The first kappa shape index (κ1) is 10.9. The van der Waals surface area contributed by atoms with Gasteiger partial charge in [0.25, 0.3) is 0 Å². The Kier molecular flexibility index (Phi) is 2.59. The second-order valence-electron chi connectivity index (χ2n) is 3.41. The Morgan fingerprint density at radius 2 is 1.88 bits per heavy atom. The van der Waals surface area contributed by atoms with Crippen LogP contribution < -0.4 is 5.48 Å².